The van der Waals surface area contributed by atoms with Gasteiger partial charge in [-0.15, -0.1) is 0 Å². The topological polar surface area (TPSA) is 115 Å². The van der Waals surface area contributed by atoms with Gasteiger partial charge in [-0.05, 0) is 0 Å². The lowest BCUT2D eigenvalue weighted by atomic mass is 10.4. The maximum absolute atomic E-state index is 8.01. The van der Waals surface area contributed by atoms with Crippen LogP contribution in [-0.2, 0) is 0 Å². The average Bonchev–Trinajstić information content (AvgIpc) is 1.90. The highest BCUT2D eigenvalue weighted by Gasteiger charge is 2.02. The largest absolute Gasteiger partial charge is 0.410 e. The monoisotopic (exact) mass is 128 g/mol. The van der Waals surface area contributed by atoms with Crippen LogP contribution in [0.5, 0.6) is 0 Å². The highest BCUT2D eigenvalue weighted by atomic mass is 16.4. The van der Waals surface area contributed by atoms with Gasteiger partial charge in [-0.25, -0.2) is 0 Å². The Balaban J connectivity index is 4.39. The van der Waals surface area contributed by atoms with Crippen LogP contribution in [0.4, 0.5) is 0 Å². The van der Waals surface area contributed by atoms with Crippen LogP contribution < -0.4 is 5.73 Å². The summed E-state index contributed by atoms with van der Waals surface area (Å²) in [6.07, 6.45) is 0. The highest BCUT2D eigenvalue weighted by Crippen LogP contribution is 1.73. The number of nitrogens with two attached hydrogens (primary N) is 1. The third-order valence-electron chi connectivity index (χ3n) is 0.556. The Morgan fingerprint density at radius 1 is 1.44 bits per heavy atom. The minimum absolute atomic E-state index is 0.514. The number of amidine groups is 1. The number of rotatable bonds is 1. The SMILES string of the molecule is N#CC(=N/O)/C(N)=N/O. The van der Waals surface area contributed by atoms with Crippen LogP contribution in [0.15, 0.2) is 10.3 Å². The van der Waals surface area contributed by atoms with Crippen molar-refractivity contribution in [3.05, 3.63) is 0 Å². The molecule has 0 aliphatic heterocycles. The molecule has 0 aromatic rings. The fourth-order valence-electron chi connectivity index (χ4n) is 0.178. The summed E-state index contributed by atoms with van der Waals surface area (Å²) < 4.78 is 0. The summed E-state index contributed by atoms with van der Waals surface area (Å²) in [7, 11) is 0. The summed E-state index contributed by atoms with van der Waals surface area (Å²) in [5.74, 6) is -0.514. The van der Waals surface area contributed by atoms with E-state index in [9.17, 15) is 0 Å². The van der Waals surface area contributed by atoms with E-state index in [1.807, 2.05) is 0 Å². The second-order valence-corrected chi connectivity index (χ2v) is 1.05. The summed E-state index contributed by atoms with van der Waals surface area (Å²) in [6.45, 7) is 0. The van der Waals surface area contributed by atoms with E-state index >= 15 is 0 Å². The Hall–Kier alpha value is -1.77. The molecular formula is C3H4N4O2. The predicted octanol–water partition coefficient (Wildman–Crippen LogP) is -0.913. The van der Waals surface area contributed by atoms with Crippen LogP contribution in [0.1, 0.15) is 0 Å². The van der Waals surface area contributed by atoms with Gasteiger partial charge in [-0.2, -0.15) is 5.26 Å². The summed E-state index contributed by atoms with van der Waals surface area (Å²) in [5, 5.41) is 28.7. The van der Waals surface area contributed by atoms with Crippen molar-refractivity contribution in [3.63, 3.8) is 0 Å². The average molecular weight is 128 g/mol. The van der Waals surface area contributed by atoms with Crippen molar-refractivity contribution >= 4 is 11.5 Å². The molecule has 0 aromatic carbocycles. The molecule has 0 saturated heterocycles. The van der Waals surface area contributed by atoms with Gasteiger partial charge >= 0.3 is 0 Å². The van der Waals surface area contributed by atoms with Crippen molar-refractivity contribution < 1.29 is 10.4 Å². The van der Waals surface area contributed by atoms with E-state index in [1.54, 1.807) is 0 Å². The van der Waals surface area contributed by atoms with Crippen LogP contribution in [-0.4, -0.2) is 22.0 Å². The fraction of sp³-hybridized carbons (Fsp3) is 0. The number of nitriles is 1. The molecule has 0 radical (unpaired) electrons. The Morgan fingerprint density at radius 2 is 2.00 bits per heavy atom. The molecule has 48 valence electrons. The quantitative estimate of drug-likeness (QED) is 0.183. The zero-order valence-electron chi connectivity index (χ0n) is 4.31. The van der Waals surface area contributed by atoms with Gasteiger partial charge in [0, 0.05) is 0 Å². The molecule has 0 atom stereocenters. The van der Waals surface area contributed by atoms with Crippen molar-refractivity contribution in [1.29, 1.82) is 5.26 Å². The minimum atomic E-state index is -0.516. The zero-order chi connectivity index (χ0) is 7.28. The molecule has 0 heterocycles. The van der Waals surface area contributed by atoms with Gasteiger partial charge in [0.1, 0.15) is 6.07 Å². The van der Waals surface area contributed by atoms with E-state index in [2.05, 4.69) is 10.3 Å². The Morgan fingerprint density at radius 3 is 2.11 bits per heavy atom. The minimum Gasteiger partial charge on any atom is -0.410 e. The second-order valence-electron chi connectivity index (χ2n) is 1.05. The van der Waals surface area contributed by atoms with Gasteiger partial charge in [-0.3, -0.25) is 0 Å². The van der Waals surface area contributed by atoms with Gasteiger partial charge in [-0.1, -0.05) is 10.3 Å². The molecular weight excluding hydrogens is 124 g/mol. The van der Waals surface area contributed by atoms with Crippen molar-refractivity contribution in [2.24, 2.45) is 16.0 Å². The summed E-state index contributed by atoms with van der Waals surface area (Å²) >= 11 is 0. The maximum atomic E-state index is 8.01. The highest BCUT2D eigenvalue weighted by molar-refractivity contribution is 6.46. The molecule has 0 spiro atoms. The molecule has 0 saturated carbocycles. The third-order valence-corrected chi connectivity index (χ3v) is 0.556. The normalized spacial score (nSPS) is 12.8. The van der Waals surface area contributed by atoms with Gasteiger partial charge in [0.05, 0.1) is 0 Å². The molecule has 0 rings (SSSR count). The van der Waals surface area contributed by atoms with Crippen LogP contribution in [0.25, 0.3) is 0 Å². The molecule has 9 heavy (non-hydrogen) atoms. The Kier molecular flexibility index (Phi) is 2.62. The third kappa shape index (κ3) is 1.65. The first-order chi connectivity index (χ1) is 4.26. The molecule has 0 unspecified atom stereocenters. The molecule has 0 aliphatic rings. The van der Waals surface area contributed by atoms with Crippen molar-refractivity contribution in [3.8, 4) is 6.07 Å². The lowest BCUT2D eigenvalue weighted by Gasteiger charge is -1.86. The van der Waals surface area contributed by atoms with Crippen LogP contribution >= 0.6 is 0 Å². The van der Waals surface area contributed by atoms with Gasteiger partial charge < -0.3 is 16.1 Å². The Bertz CT molecular complexity index is 188. The first-order valence-corrected chi connectivity index (χ1v) is 1.86. The first kappa shape index (κ1) is 7.23. The molecule has 0 amide bonds. The molecule has 4 N–H and O–H groups in total. The molecule has 6 nitrogen and oxygen atoms in total. The smallest absolute Gasteiger partial charge is 0.224 e. The molecule has 0 aliphatic carbocycles. The first-order valence-electron chi connectivity index (χ1n) is 1.86. The van der Waals surface area contributed by atoms with E-state index in [1.165, 1.54) is 6.07 Å². The van der Waals surface area contributed by atoms with E-state index in [4.69, 9.17) is 21.4 Å². The number of nitrogens with zero attached hydrogens (tertiary/aromatic N) is 3. The Labute approximate surface area is 50.5 Å². The van der Waals surface area contributed by atoms with E-state index in [0.717, 1.165) is 0 Å². The van der Waals surface area contributed by atoms with Gasteiger partial charge in [0.25, 0.3) is 0 Å². The van der Waals surface area contributed by atoms with E-state index in [0.29, 0.717) is 0 Å². The van der Waals surface area contributed by atoms with Gasteiger partial charge in [0.15, 0.2) is 0 Å². The summed E-state index contributed by atoms with van der Waals surface area (Å²) in [5.41, 5.74) is 4.31. The zero-order valence-corrected chi connectivity index (χ0v) is 4.31. The van der Waals surface area contributed by atoms with Crippen molar-refractivity contribution in [1.82, 2.24) is 0 Å². The standard InChI is InChI=1S/C3H4N4O2/c4-1-2(6-8)3(5)7-9/h8-9H,(H2,5,7)/b6-2-. The van der Waals surface area contributed by atoms with E-state index in [-0.39, 0.29) is 0 Å². The van der Waals surface area contributed by atoms with Crippen LogP contribution in [0.3, 0.4) is 0 Å². The molecule has 0 bridgehead atoms. The lowest BCUT2D eigenvalue weighted by molar-refractivity contribution is 0.314. The lowest BCUT2D eigenvalue weighted by Crippen LogP contribution is -2.22. The van der Waals surface area contributed by atoms with Crippen LogP contribution in [0, 0.1) is 11.3 Å². The molecule has 0 aromatic heterocycles. The van der Waals surface area contributed by atoms with Gasteiger partial charge in [0.2, 0.25) is 11.5 Å². The molecule has 6 heteroatoms. The summed E-state index contributed by atoms with van der Waals surface area (Å²) in [4.78, 5) is 0. The number of hydrogen-bond donors (Lipinski definition) is 3. The maximum Gasteiger partial charge on any atom is 0.224 e. The van der Waals surface area contributed by atoms with E-state index < -0.39 is 11.5 Å². The number of hydrogen-bond acceptors (Lipinski definition) is 5. The second kappa shape index (κ2) is 3.26. The van der Waals surface area contributed by atoms with Crippen molar-refractivity contribution in [2.75, 3.05) is 0 Å². The van der Waals surface area contributed by atoms with Crippen molar-refractivity contribution in [2.45, 2.75) is 0 Å². The van der Waals surface area contributed by atoms with Crippen LogP contribution in [0.2, 0.25) is 0 Å². The molecule has 0 fully saturated rings. The fourth-order valence-corrected chi connectivity index (χ4v) is 0.178. The predicted molar refractivity (Wildman–Crippen MR) is 28.2 cm³/mol. The number of oxime groups is 2. The summed E-state index contributed by atoms with van der Waals surface area (Å²) in [6, 6.07) is 1.39.